The van der Waals surface area contributed by atoms with Gasteiger partial charge in [-0.15, -0.1) is 0 Å². The van der Waals surface area contributed by atoms with Crippen LogP contribution in [0.3, 0.4) is 0 Å². The van der Waals surface area contributed by atoms with Crippen LogP contribution in [0.4, 0.5) is 0 Å². The van der Waals surface area contributed by atoms with Gasteiger partial charge in [-0.05, 0) is 42.0 Å². The first kappa shape index (κ1) is 18.5. The van der Waals surface area contributed by atoms with Crippen LogP contribution < -0.4 is 10.1 Å². The lowest BCUT2D eigenvalue weighted by molar-refractivity contribution is 0.0285. The molecule has 0 unspecified atom stereocenters. The van der Waals surface area contributed by atoms with E-state index >= 15 is 0 Å². The van der Waals surface area contributed by atoms with Gasteiger partial charge in [-0.2, -0.15) is 5.26 Å². The molecule has 0 aliphatic carbocycles. The maximum atomic E-state index is 11.9. The van der Waals surface area contributed by atoms with Gasteiger partial charge in [0.2, 0.25) is 0 Å². The van der Waals surface area contributed by atoms with Crippen LogP contribution in [-0.2, 0) is 11.3 Å². The van der Waals surface area contributed by atoms with E-state index < -0.39 is 6.10 Å². The molecule has 0 saturated carbocycles. The van der Waals surface area contributed by atoms with E-state index in [2.05, 4.69) is 5.32 Å². The van der Waals surface area contributed by atoms with Crippen molar-refractivity contribution < 1.29 is 19.4 Å². The van der Waals surface area contributed by atoms with Gasteiger partial charge in [0.15, 0.2) is 0 Å². The van der Waals surface area contributed by atoms with E-state index in [1.54, 1.807) is 31.4 Å². The Labute approximate surface area is 146 Å². The smallest absolute Gasteiger partial charge is 0.251 e. The van der Waals surface area contributed by atoms with Crippen LogP contribution in [0.2, 0.25) is 0 Å². The molecule has 130 valence electrons. The van der Waals surface area contributed by atoms with Crippen molar-refractivity contribution in [2.24, 2.45) is 0 Å². The standard InChI is InChI=1S/C19H20N2O4/c1-24-18-8-4-15(5-9-18)12-25-13-17(22)11-21-19(23)16-6-2-14(10-20)3-7-16/h2-9,17,22H,11-13H2,1H3,(H,21,23)/t17-/m0/s1. The summed E-state index contributed by atoms with van der Waals surface area (Å²) in [6, 6.07) is 15.7. The number of rotatable bonds is 8. The van der Waals surface area contributed by atoms with Crippen molar-refractivity contribution in [2.45, 2.75) is 12.7 Å². The summed E-state index contributed by atoms with van der Waals surface area (Å²) in [5.41, 5.74) is 1.89. The number of nitrogens with zero attached hydrogens (tertiary/aromatic N) is 1. The normalized spacial score (nSPS) is 11.4. The number of benzene rings is 2. The van der Waals surface area contributed by atoms with Gasteiger partial charge in [0, 0.05) is 12.1 Å². The molecule has 0 saturated heterocycles. The number of carbonyl (C=O) groups excluding carboxylic acids is 1. The van der Waals surface area contributed by atoms with Crippen LogP contribution in [0.25, 0.3) is 0 Å². The summed E-state index contributed by atoms with van der Waals surface area (Å²) in [5.74, 6) is 0.466. The van der Waals surface area contributed by atoms with Crippen molar-refractivity contribution in [1.29, 1.82) is 5.26 Å². The Morgan fingerprint density at radius 1 is 1.20 bits per heavy atom. The molecule has 0 fully saturated rings. The molecule has 1 atom stereocenters. The fourth-order valence-electron chi connectivity index (χ4n) is 2.10. The van der Waals surface area contributed by atoms with E-state index in [0.717, 1.165) is 11.3 Å². The first-order chi connectivity index (χ1) is 12.1. The van der Waals surface area contributed by atoms with Crippen LogP contribution in [0.1, 0.15) is 21.5 Å². The molecule has 1 amide bonds. The molecule has 0 aliphatic heterocycles. The van der Waals surface area contributed by atoms with Crippen LogP contribution >= 0.6 is 0 Å². The van der Waals surface area contributed by atoms with Gasteiger partial charge in [0.25, 0.3) is 5.91 Å². The van der Waals surface area contributed by atoms with Crippen molar-refractivity contribution in [3.63, 3.8) is 0 Å². The number of aliphatic hydroxyl groups excluding tert-OH is 1. The highest BCUT2D eigenvalue weighted by molar-refractivity contribution is 5.94. The number of amides is 1. The summed E-state index contributed by atoms with van der Waals surface area (Å²) in [7, 11) is 1.61. The summed E-state index contributed by atoms with van der Waals surface area (Å²) in [6.45, 7) is 0.561. The van der Waals surface area contributed by atoms with Crippen molar-refractivity contribution in [2.75, 3.05) is 20.3 Å². The molecular formula is C19H20N2O4. The molecule has 0 spiro atoms. The molecule has 0 aliphatic rings. The summed E-state index contributed by atoms with van der Waals surface area (Å²) >= 11 is 0. The molecule has 6 nitrogen and oxygen atoms in total. The van der Waals surface area contributed by atoms with E-state index in [1.165, 1.54) is 0 Å². The molecule has 25 heavy (non-hydrogen) atoms. The number of hydrogen-bond acceptors (Lipinski definition) is 5. The Morgan fingerprint density at radius 3 is 2.48 bits per heavy atom. The SMILES string of the molecule is COc1ccc(COC[C@@H](O)CNC(=O)c2ccc(C#N)cc2)cc1. The lowest BCUT2D eigenvalue weighted by atomic mass is 10.1. The van der Waals surface area contributed by atoms with Crippen molar-refractivity contribution in [3.05, 3.63) is 65.2 Å². The third-order valence-electron chi connectivity index (χ3n) is 3.51. The van der Waals surface area contributed by atoms with E-state index in [0.29, 0.717) is 17.7 Å². The quantitative estimate of drug-likeness (QED) is 0.765. The fraction of sp³-hybridized carbons (Fsp3) is 0.263. The average Bonchev–Trinajstić information content (AvgIpc) is 2.66. The fourth-order valence-corrected chi connectivity index (χ4v) is 2.10. The second kappa shape index (κ2) is 9.42. The number of nitriles is 1. The average molecular weight is 340 g/mol. The van der Waals surface area contributed by atoms with E-state index in [-0.39, 0.29) is 19.1 Å². The van der Waals surface area contributed by atoms with Crippen LogP contribution in [-0.4, -0.2) is 37.4 Å². The Kier molecular flexibility index (Phi) is 6.96. The topological polar surface area (TPSA) is 91.6 Å². The van der Waals surface area contributed by atoms with Gasteiger partial charge in [-0.25, -0.2) is 0 Å². The van der Waals surface area contributed by atoms with E-state index in [9.17, 15) is 9.90 Å². The van der Waals surface area contributed by atoms with Gasteiger partial charge in [0.05, 0.1) is 38.1 Å². The zero-order valence-corrected chi connectivity index (χ0v) is 13.9. The molecule has 2 aromatic carbocycles. The number of ether oxygens (including phenoxy) is 2. The minimum Gasteiger partial charge on any atom is -0.497 e. The van der Waals surface area contributed by atoms with E-state index in [4.69, 9.17) is 14.7 Å². The highest BCUT2D eigenvalue weighted by Gasteiger charge is 2.09. The van der Waals surface area contributed by atoms with Crippen LogP contribution in [0, 0.1) is 11.3 Å². The third kappa shape index (κ3) is 5.92. The number of hydrogen-bond donors (Lipinski definition) is 2. The monoisotopic (exact) mass is 340 g/mol. The van der Waals surface area contributed by atoms with Gasteiger partial charge >= 0.3 is 0 Å². The minimum atomic E-state index is -0.805. The summed E-state index contributed by atoms with van der Waals surface area (Å²) in [6.07, 6.45) is -0.805. The maximum absolute atomic E-state index is 11.9. The molecule has 0 aromatic heterocycles. The Balaban J connectivity index is 1.69. The molecule has 2 N–H and O–H groups in total. The predicted molar refractivity (Wildman–Crippen MR) is 92.1 cm³/mol. The molecule has 2 aromatic rings. The molecular weight excluding hydrogens is 320 g/mol. The summed E-state index contributed by atoms with van der Waals surface area (Å²) < 4.78 is 10.5. The lowest BCUT2D eigenvalue weighted by Crippen LogP contribution is -2.34. The number of methoxy groups -OCH3 is 1. The second-order valence-corrected chi connectivity index (χ2v) is 5.42. The van der Waals surface area contributed by atoms with E-state index in [1.807, 2.05) is 30.3 Å². The Bertz CT molecular complexity index is 721. The van der Waals surface area contributed by atoms with Gasteiger partial charge in [-0.3, -0.25) is 4.79 Å². The molecule has 0 radical (unpaired) electrons. The van der Waals surface area contributed by atoms with Crippen molar-refractivity contribution in [3.8, 4) is 11.8 Å². The number of carbonyl (C=O) groups is 1. The first-order valence-electron chi connectivity index (χ1n) is 7.79. The maximum Gasteiger partial charge on any atom is 0.251 e. The number of aliphatic hydroxyl groups is 1. The molecule has 2 rings (SSSR count). The molecule has 0 bridgehead atoms. The predicted octanol–water partition coefficient (Wildman–Crippen LogP) is 1.87. The van der Waals surface area contributed by atoms with Gasteiger partial charge in [-0.1, -0.05) is 12.1 Å². The molecule has 6 heteroatoms. The second-order valence-electron chi connectivity index (χ2n) is 5.42. The highest BCUT2D eigenvalue weighted by atomic mass is 16.5. The number of nitrogens with one attached hydrogen (secondary N) is 1. The lowest BCUT2D eigenvalue weighted by Gasteiger charge is -2.13. The Hall–Kier alpha value is -2.88. The van der Waals surface area contributed by atoms with Crippen LogP contribution in [0.5, 0.6) is 5.75 Å². The van der Waals surface area contributed by atoms with Crippen LogP contribution in [0.15, 0.2) is 48.5 Å². The largest absolute Gasteiger partial charge is 0.497 e. The zero-order valence-electron chi connectivity index (χ0n) is 13.9. The summed E-state index contributed by atoms with van der Waals surface area (Å²) in [4.78, 5) is 11.9. The molecule has 0 heterocycles. The minimum absolute atomic E-state index is 0.0848. The first-order valence-corrected chi connectivity index (χ1v) is 7.79. The Morgan fingerprint density at radius 2 is 1.88 bits per heavy atom. The third-order valence-corrected chi connectivity index (χ3v) is 3.51. The van der Waals surface area contributed by atoms with Crippen molar-refractivity contribution in [1.82, 2.24) is 5.32 Å². The highest BCUT2D eigenvalue weighted by Crippen LogP contribution is 2.12. The van der Waals surface area contributed by atoms with Gasteiger partial charge < -0.3 is 19.9 Å². The zero-order chi connectivity index (χ0) is 18.1. The van der Waals surface area contributed by atoms with Crippen molar-refractivity contribution >= 4 is 5.91 Å². The van der Waals surface area contributed by atoms with Gasteiger partial charge in [0.1, 0.15) is 5.75 Å². The summed E-state index contributed by atoms with van der Waals surface area (Å²) in [5, 5.41) is 21.2.